The standard InChI is InChI=1S/C18H30N2O4/c1-3-9-23-11-12-24-18(21)17(14-19)15-6-4-7-16(13-15)20-8-5-10-22-2/h13,15,17,20H,3-12H2,1-2H3. The Bertz CT molecular complexity index is 431. The Morgan fingerprint density at radius 1 is 1.42 bits per heavy atom. The normalized spacial score (nSPS) is 18.4. The van der Waals surface area contributed by atoms with Crippen molar-refractivity contribution < 1.29 is 19.0 Å². The number of nitrogens with one attached hydrogen (secondary N) is 1. The van der Waals surface area contributed by atoms with Gasteiger partial charge in [0.2, 0.25) is 0 Å². The fourth-order valence-corrected chi connectivity index (χ4v) is 2.69. The molecule has 136 valence electrons. The second kappa shape index (κ2) is 12.8. The van der Waals surface area contributed by atoms with E-state index in [2.05, 4.69) is 11.4 Å². The van der Waals surface area contributed by atoms with E-state index in [1.165, 1.54) is 0 Å². The molecule has 1 aliphatic carbocycles. The number of nitriles is 1. The summed E-state index contributed by atoms with van der Waals surface area (Å²) >= 11 is 0. The van der Waals surface area contributed by atoms with Gasteiger partial charge in [0.15, 0.2) is 0 Å². The zero-order valence-electron chi connectivity index (χ0n) is 14.9. The summed E-state index contributed by atoms with van der Waals surface area (Å²) in [7, 11) is 1.69. The molecule has 6 heteroatoms. The van der Waals surface area contributed by atoms with E-state index >= 15 is 0 Å². The van der Waals surface area contributed by atoms with E-state index in [0.29, 0.717) is 13.2 Å². The average Bonchev–Trinajstić information content (AvgIpc) is 2.60. The number of hydrogen-bond acceptors (Lipinski definition) is 6. The maximum Gasteiger partial charge on any atom is 0.324 e. The summed E-state index contributed by atoms with van der Waals surface area (Å²) in [6.45, 7) is 4.82. The highest BCUT2D eigenvalue weighted by atomic mass is 16.6. The molecule has 0 amide bonds. The quantitative estimate of drug-likeness (QED) is 0.435. The van der Waals surface area contributed by atoms with Crippen molar-refractivity contribution in [2.45, 2.75) is 39.0 Å². The zero-order chi connectivity index (χ0) is 17.6. The minimum atomic E-state index is -0.743. The summed E-state index contributed by atoms with van der Waals surface area (Å²) in [5.41, 5.74) is 1.11. The van der Waals surface area contributed by atoms with Crippen LogP contribution in [0.5, 0.6) is 0 Å². The maximum absolute atomic E-state index is 12.1. The van der Waals surface area contributed by atoms with Crippen molar-refractivity contribution in [1.29, 1.82) is 5.26 Å². The van der Waals surface area contributed by atoms with Gasteiger partial charge < -0.3 is 19.5 Å². The van der Waals surface area contributed by atoms with Crippen LogP contribution in [-0.2, 0) is 19.0 Å². The summed E-state index contributed by atoms with van der Waals surface area (Å²) in [6, 6.07) is 2.11. The molecule has 1 aliphatic rings. The van der Waals surface area contributed by atoms with Gasteiger partial charge in [-0.05, 0) is 32.1 Å². The van der Waals surface area contributed by atoms with E-state index in [9.17, 15) is 10.1 Å². The molecule has 0 bridgehead atoms. The van der Waals surface area contributed by atoms with Crippen molar-refractivity contribution in [1.82, 2.24) is 5.32 Å². The van der Waals surface area contributed by atoms with Gasteiger partial charge >= 0.3 is 5.97 Å². The van der Waals surface area contributed by atoms with E-state index in [-0.39, 0.29) is 12.5 Å². The minimum absolute atomic E-state index is 0.0854. The number of carbonyl (C=O) groups excluding carboxylic acids is 1. The van der Waals surface area contributed by atoms with Gasteiger partial charge in [-0.25, -0.2) is 0 Å². The van der Waals surface area contributed by atoms with Crippen molar-refractivity contribution >= 4 is 5.97 Å². The van der Waals surface area contributed by atoms with Gasteiger partial charge in [0, 0.05) is 38.5 Å². The third-order valence-electron chi connectivity index (χ3n) is 3.92. The van der Waals surface area contributed by atoms with Crippen LogP contribution in [0.15, 0.2) is 11.8 Å². The SMILES string of the molecule is CCCOCCOC(=O)C(C#N)C1C=C(NCCCOC)CCC1. The van der Waals surface area contributed by atoms with Crippen LogP contribution in [0.1, 0.15) is 39.0 Å². The number of rotatable bonds is 12. The van der Waals surface area contributed by atoms with E-state index < -0.39 is 11.9 Å². The molecule has 0 spiro atoms. The molecule has 2 atom stereocenters. The number of nitrogens with zero attached hydrogens (tertiary/aromatic N) is 1. The zero-order valence-corrected chi connectivity index (χ0v) is 14.9. The number of hydrogen-bond donors (Lipinski definition) is 1. The Hall–Kier alpha value is -1.58. The van der Waals surface area contributed by atoms with Crippen LogP contribution in [0, 0.1) is 23.2 Å². The highest BCUT2D eigenvalue weighted by molar-refractivity contribution is 5.76. The molecule has 0 aliphatic heterocycles. The lowest BCUT2D eigenvalue weighted by Gasteiger charge is -2.24. The lowest BCUT2D eigenvalue weighted by Crippen LogP contribution is -2.28. The first-order valence-electron chi connectivity index (χ1n) is 8.80. The lowest BCUT2D eigenvalue weighted by molar-refractivity contribution is -0.149. The Kier molecular flexibility index (Phi) is 10.9. The topological polar surface area (TPSA) is 80.6 Å². The summed E-state index contributed by atoms with van der Waals surface area (Å²) in [6.07, 6.45) is 6.66. The van der Waals surface area contributed by atoms with Crippen LogP contribution >= 0.6 is 0 Å². The van der Waals surface area contributed by atoms with Crippen LogP contribution < -0.4 is 5.32 Å². The molecule has 2 unspecified atom stereocenters. The second-order valence-corrected chi connectivity index (χ2v) is 5.91. The number of methoxy groups -OCH3 is 1. The van der Waals surface area contributed by atoms with Gasteiger partial charge in [-0.3, -0.25) is 4.79 Å². The number of allylic oxidation sites excluding steroid dienone is 2. The number of ether oxygens (including phenoxy) is 3. The van der Waals surface area contributed by atoms with Crippen LogP contribution in [0.4, 0.5) is 0 Å². The van der Waals surface area contributed by atoms with Gasteiger partial charge in [-0.2, -0.15) is 5.26 Å². The molecular weight excluding hydrogens is 308 g/mol. The number of esters is 1. The van der Waals surface area contributed by atoms with E-state index in [1.54, 1.807) is 7.11 Å². The minimum Gasteiger partial charge on any atom is -0.462 e. The van der Waals surface area contributed by atoms with Crippen LogP contribution in [0.2, 0.25) is 0 Å². The smallest absolute Gasteiger partial charge is 0.324 e. The molecule has 0 saturated carbocycles. The fraction of sp³-hybridized carbons (Fsp3) is 0.778. The molecule has 6 nitrogen and oxygen atoms in total. The Labute approximate surface area is 145 Å². The summed E-state index contributed by atoms with van der Waals surface area (Å²) in [4.78, 5) is 12.1. The van der Waals surface area contributed by atoms with Crippen molar-refractivity contribution in [3.8, 4) is 6.07 Å². The first kappa shape index (κ1) is 20.5. The van der Waals surface area contributed by atoms with Crippen molar-refractivity contribution in [2.75, 3.05) is 40.1 Å². The predicted molar refractivity (Wildman–Crippen MR) is 91.1 cm³/mol. The van der Waals surface area contributed by atoms with E-state index in [4.69, 9.17) is 14.2 Å². The average molecular weight is 338 g/mol. The predicted octanol–water partition coefficient (Wildman–Crippen LogP) is 2.41. The first-order chi connectivity index (χ1) is 11.7. The Balaban J connectivity index is 2.44. The van der Waals surface area contributed by atoms with Gasteiger partial charge in [0.25, 0.3) is 0 Å². The molecular formula is C18H30N2O4. The summed E-state index contributed by atoms with van der Waals surface area (Å²) < 4.78 is 15.5. The van der Waals surface area contributed by atoms with Crippen molar-refractivity contribution in [3.63, 3.8) is 0 Å². The molecule has 0 saturated heterocycles. The monoisotopic (exact) mass is 338 g/mol. The molecule has 24 heavy (non-hydrogen) atoms. The molecule has 0 aromatic carbocycles. The Morgan fingerprint density at radius 2 is 2.25 bits per heavy atom. The lowest BCUT2D eigenvalue weighted by atomic mass is 9.84. The van der Waals surface area contributed by atoms with E-state index in [0.717, 1.165) is 51.0 Å². The van der Waals surface area contributed by atoms with Crippen molar-refractivity contribution in [3.05, 3.63) is 11.8 Å². The van der Waals surface area contributed by atoms with Crippen LogP contribution in [-0.4, -0.2) is 46.1 Å². The fourth-order valence-electron chi connectivity index (χ4n) is 2.69. The first-order valence-corrected chi connectivity index (χ1v) is 8.80. The molecule has 1 N–H and O–H groups in total. The third kappa shape index (κ3) is 7.80. The molecule has 0 radical (unpaired) electrons. The highest BCUT2D eigenvalue weighted by Crippen LogP contribution is 2.28. The van der Waals surface area contributed by atoms with Crippen LogP contribution in [0.3, 0.4) is 0 Å². The summed E-state index contributed by atoms with van der Waals surface area (Å²) in [5, 5.41) is 12.7. The van der Waals surface area contributed by atoms with Crippen LogP contribution in [0.25, 0.3) is 0 Å². The molecule has 0 heterocycles. The molecule has 0 aromatic heterocycles. The van der Waals surface area contributed by atoms with E-state index in [1.807, 2.05) is 13.0 Å². The second-order valence-electron chi connectivity index (χ2n) is 5.91. The molecule has 1 rings (SSSR count). The van der Waals surface area contributed by atoms with Gasteiger partial charge in [0.1, 0.15) is 12.5 Å². The highest BCUT2D eigenvalue weighted by Gasteiger charge is 2.30. The van der Waals surface area contributed by atoms with Gasteiger partial charge in [-0.15, -0.1) is 0 Å². The third-order valence-corrected chi connectivity index (χ3v) is 3.92. The Morgan fingerprint density at radius 3 is 2.96 bits per heavy atom. The van der Waals surface area contributed by atoms with Crippen molar-refractivity contribution in [2.24, 2.45) is 11.8 Å². The molecule has 0 fully saturated rings. The number of carbonyl (C=O) groups is 1. The van der Waals surface area contributed by atoms with Gasteiger partial charge in [-0.1, -0.05) is 13.0 Å². The largest absolute Gasteiger partial charge is 0.462 e. The molecule has 0 aromatic rings. The maximum atomic E-state index is 12.1. The summed E-state index contributed by atoms with van der Waals surface area (Å²) in [5.74, 6) is -1.27. The van der Waals surface area contributed by atoms with Gasteiger partial charge in [0.05, 0.1) is 12.7 Å².